The van der Waals surface area contributed by atoms with Crippen LogP contribution in [0.1, 0.15) is 31.2 Å². The fourth-order valence-corrected chi connectivity index (χ4v) is 2.33. The molecule has 2 nitrogen and oxygen atoms in total. The van der Waals surface area contributed by atoms with Gasteiger partial charge in [-0.05, 0) is 37.3 Å². The van der Waals surface area contributed by atoms with Crippen LogP contribution in [0.25, 0.3) is 0 Å². The Morgan fingerprint density at radius 2 is 2.12 bits per heavy atom. The Balaban J connectivity index is 1.87. The first kappa shape index (κ1) is 12.0. The summed E-state index contributed by atoms with van der Waals surface area (Å²) in [6.07, 6.45) is 2.37. The highest BCUT2D eigenvalue weighted by Crippen LogP contribution is 2.40. The molecule has 2 heteroatoms. The van der Waals surface area contributed by atoms with Crippen molar-refractivity contribution >= 4 is 0 Å². The lowest BCUT2D eigenvalue weighted by Crippen LogP contribution is -2.40. The largest absolute Gasteiger partial charge is 0.496 e. The predicted octanol–water partition coefficient (Wildman–Crippen LogP) is 2.55. The molecule has 0 bridgehead atoms. The van der Waals surface area contributed by atoms with Gasteiger partial charge in [-0.15, -0.1) is 5.92 Å². The zero-order chi connectivity index (χ0) is 12.1. The van der Waals surface area contributed by atoms with Gasteiger partial charge in [0, 0.05) is 6.04 Å². The summed E-state index contributed by atoms with van der Waals surface area (Å²) in [4.78, 5) is 0. The van der Waals surface area contributed by atoms with E-state index < -0.39 is 0 Å². The number of hydrogen-bond acceptors (Lipinski definition) is 2. The van der Waals surface area contributed by atoms with Crippen LogP contribution in [-0.2, 0) is 0 Å². The molecule has 0 spiro atoms. The average molecular weight is 229 g/mol. The van der Waals surface area contributed by atoms with E-state index in [2.05, 4.69) is 29.3 Å². The van der Waals surface area contributed by atoms with Crippen LogP contribution in [0.4, 0.5) is 0 Å². The van der Waals surface area contributed by atoms with Crippen LogP contribution >= 0.6 is 0 Å². The van der Waals surface area contributed by atoms with E-state index in [9.17, 15) is 0 Å². The normalized spacial score (nSPS) is 22.2. The van der Waals surface area contributed by atoms with Gasteiger partial charge >= 0.3 is 0 Å². The van der Waals surface area contributed by atoms with Gasteiger partial charge in [-0.25, -0.2) is 0 Å². The van der Waals surface area contributed by atoms with Gasteiger partial charge in [0.25, 0.3) is 0 Å². The molecule has 1 aliphatic rings. The molecule has 17 heavy (non-hydrogen) atoms. The lowest BCUT2D eigenvalue weighted by atomic mass is 9.75. The molecule has 1 N–H and O–H groups in total. The Morgan fingerprint density at radius 1 is 1.35 bits per heavy atom. The van der Waals surface area contributed by atoms with Crippen LogP contribution in [0, 0.1) is 11.8 Å². The van der Waals surface area contributed by atoms with Crippen LogP contribution in [0.2, 0.25) is 0 Å². The van der Waals surface area contributed by atoms with Crippen LogP contribution in [-0.4, -0.2) is 19.7 Å². The highest BCUT2D eigenvalue weighted by Gasteiger charge is 2.31. The number of para-hydroxylation sites is 1. The first-order valence-corrected chi connectivity index (χ1v) is 6.11. The van der Waals surface area contributed by atoms with E-state index in [0.29, 0.717) is 12.0 Å². The summed E-state index contributed by atoms with van der Waals surface area (Å²) < 4.78 is 5.39. The number of rotatable bonds is 4. The Hall–Kier alpha value is -1.46. The minimum Gasteiger partial charge on any atom is -0.496 e. The van der Waals surface area contributed by atoms with Crippen molar-refractivity contribution in [2.75, 3.05) is 13.7 Å². The van der Waals surface area contributed by atoms with Crippen molar-refractivity contribution < 1.29 is 4.74 Å². The molecular weight excluding hydrogens is 210 g/mol. The van der Waals surface area contributed by atoms with Crippen molar-refractivity contribution in [1.29, 1.82) is 0 Å². The SMILES string of the molecule is CC#CCNC1CC(c2ccccc2OC)C1. The van der Waals surface area contributed by atoms with Gasteiger partial charge in [-0.1, -0.05) is 24.1 Å². The van der Waals surface area contributed by atoms with Crippen LogP contribution < -0.4 is 10.1 Å². The van der Waals surface area contributed by atoms with E-state index in [1.165, 1.54) is 18.4 Å². The smallest absolute Gasteiger partial charge is 0.122 e. The lowest BCUT2D eigenvalue weighted by molar-refractivity contribution is 0.292. The maximum absolute atomic E-state index is 5.39. The molecule has 1 fully saturated rings. The molecule has 0 atom stereocenters. The number of ether oxygens (including phenoxy) is 1. The van der Waals surface area contributed by atoms with E-state index in [-0.39, 0.29) is 0 Å². The predicted molar refractivity (Wildman–Crippen MR) is 70.2 cm³/mol. The molecule has 0 heterocycles. The Morgan fingerprint density at radius 3 is 2.82 bits per heavy atom. The third kappa shape index (κ3) is 2.81. The van der Waals surface area contributed by atoms with Crippen LogP contribution in [0.3, 0.4) is 0 Å². The van der Waals surface area contributed by atoms with Gasteiger partial charge in [-0.2, -0.15) is 0 Å². The van der Waals surface area contributed by atoms with Crippen LogP contribution in [0.15, 0.2) is 24.3 Å². The van der Waals surface area contributed by atoms with Crippen molar-refractivity contribution in [2.24, 2.45) is 0 Å². The van der Waals surface area contributed by atoms with E-state index in [1.807, 2.05) is 19.1 Å². The molecule has 1 saturated carbocycles. The van der Waals surface area contributed by atoms with Crippen molar-refractivity contribution in [3.63, 3.8) is 0 Å². The first-order valence-electron chi connectivity index (χ1n) is 6.11. The summed E-state index contributed by atoms with van der Waals surface area (Å²) in [5.74, 6) is 7.59. The molecule has 0 unspecified atom stereocenters. The first-order chi connectivity index (χ1) is 8.35. The number of nitrogens with one attached hydrogen (secondary N) is 1. The third-order valence-electron chi connectivity index (χ3n) is 3.37. The topological polar surface area (TPSA) is 21.3 Å². The number of benzene rings is 1. The monoisotopic (exact) mass is 229 g/mol. The molecule has 0 aromatic heterocycles. The highest BCUT2D eigenvalue weighted by molar-refractivity contribution is 5.37. The van der Waals surface area contributed by atoms with Crippen molar-refractivity contribution in [3.05, 3.63) is 29.8 Å². The maximum Gasteiger partial charge on any atom is 0.122 e. The molecule has 0 radical (unpaired) electrons. The fraction of sp³-hybridized carbons (Fsp3) is 0.467. The molecule has 0 saturated heterocycles. The summed E-state index contributed by atoms with van der Waals surface area (Å²) in [5.41, 5.74) is 1.34. The minimum absolute atomic E-state index is 0.616. The lowest BCUT2D eigenvalue weighted by Gasteiger charge is -2.36. The summed E-state index contributed by atoms with van der Waals surface area (Å²) in [6, 6.07) is 8.93. The number of methoxy groups -OCH3 is 1. The van der Waals surface area contributed by atoms with Crippen molar-refractivity contribution in [2.45, 2.75) is 31.7 Å². The summed E-state index contributed by atoms with van der Waals surface area (Å²) in [6.45, 7) is 2.68. The second-order valence-corrected chi connectivity index (χ2v) is 4.41. The Bertz CT molecular complexity index is 424. The van der Waals surface area contributed by atoms with Gasteiger partial charge < -0.3 is 10.1 Å². The van der Waals surface area contributed by atoms with Gasteiger partial charge in [0.15, 0.2) is 0 Å². The van der Waals surface area contributed by atoms with Gasteiger partial charge in [0.2, 0.25) is 0 Å². The van der Waals surface area contributed by atoms with Gasteiger partial charge in [0.05, 0.1) is 13.7 Å². The van der Waals surface area contributed by atoms with Crippen molar-refractivity contribution in [1.82, 2.24) is 5.32 Å². The summed E-state index contributed by atoms with van der Waals surface area (Å²) in [5, 5.41) is 3.44. The number of hydrogen-bond donors (Lipinski definition) is 1. The average Bonchev–Trinajstić information content (AvgIpc) is 2.32. The molecule has 1 aliphatic carbocycles. The zero-order valence-electron chi connectivity index (χ0n) is 10.5. The fourth-order valence-electron chi connectivity index (χ4n) is 2.33. The van der Waals surface area contributed by atoms with Crippen LogP contribution in [0.5, 0.6) is 5.75 Å². The summed E-state index contributed by atoms with van der Waals surface area (Å²) in [7, 11) is 1.74. The molecule has 2 rings (SSSR count). The third-order valence-corrected chi connectivity index (χ3v) is 3.37. The Kier molecular flexibility index (Phi) is 4.06. The van der Waals surface area contributed by atoms with E-state index >= 15 is 0 Å². The molecular formula is C15H19NO. The highest BCUT2D eigenvalue weighted by atomic mass is 16.5. The van der Waals surface area contributed by atoms with E-state index in [4.69, 9.17) is 4.74 Å². The van der Waals surface area contributed by atoms with E-state index in [0.717, 1.165) is 12.3 Å². The summed E-state index contributed by atoms with van der Waals surface area (Å²) >= 11 is 0. The quantitative estimate of drug-likeness (QED) is 0.801. The zero-order valence-corrected chi connectivity index (χ0v) is 10.5. The second-order valence-electron chi connectivity index (χ2n) is 4.41. The second kappa shape index (κ2) is 5.75. The van der Waals surface area contributed by atoms with Gasteiger partial charge in [0.1, 0.15) is 5.75 Å². The molecule has 0 aliphatic heterocycles. The standard InChI is InChI=1S/C15H19NO/c1-3-4-9-16-13-10-12(11-13)14-7-5-6-8-15(14)17-2/h5-8,12-13,16H,9-11H2,1-2H3. The van der Waals surface area contributed by atoms with Gasteiger partial charge in [-0.3, -0.25) is 0 Å². The molecule has 1 aromatic rings. The molecule has 90 valence electrons. The maximum atomic E-state index is 5.39. The Labute approximate surface area is 103 Å². The molecule has 0 amide bonds. The van der Waals surface area contributed by atoms with E-state index in [1.54, 1.807) is 7.11 Å². The minimum atomic E-state index is 0.616. The van der Waals surface area contributed by atoms with Crippen molar-refractivity contribution in [3.8, 4) is 17.6 Å². The molecule has 1 aromatic carbocycles.